The fraction of sp³-hybridized carbons (Fsp3) is 0.739. The van der Waals surface area contributed by atoms with Crippen molar-refractivity contribution in [3.05, 3.63) is 23.8 Å². The Morgan fingerprint density at radius 2 is 2.03 bits per heavy atom. The van der Waals surface area contributed by atoms with E-state index in [1.165, 1.54) is 12.2 Å². The van der Waals surface area contributed by atoms with Crippen molar-refractivity contribution in [2.45, 2.75) is 57.5 Å². The predicted molar refractivity (Wildman–Crippen MR) is 106 cm³/mol. The molecule has 0 heterocycles. The number of fused-ring (bicyclic) bond motifs is 5. The van der Waals surface area contributed by atoms with Gasteiger partial charge >= 0.3 is 0 Å². The molecule has 0 radical (unpaired) electrons. The van der Waals surface area contributed by atoms with Crippen molar-refractivity contribution in [3.8, 4) is 0 Å². The summed E-state index contributed by atoms with van der Waals surface area (Å²) in [5, 5.41) is 14.2. The third kappa shape index (κ3) is 2.36. The van der Waals surface area contributed by atoms with Crippen molar-refractivity contribution in [2.24, 2.45) is 28.1 Å². The number of halogens is 3. The highest BCUT2D eigenvalue weighted by atomic mass is 19.1. The Labute approximate surface area is 175 Å². The zero-order valence-electron chi connectivity index (χ0n) is 17.7. The summed E-state index contributed by atoms with van der Waals surface area (Å²) in [6.07, 6.45) is 1.50. The van der Waals surface area contributed by atoms with Gasteiger partial charge in [0.25, 0.3) is 0 Å². The first-order valence-electron chi connectivity index (χ1n) is 10.7. The molecule has 0 amide bonds. The summed E-state index contributed by atoms with van der Waals surface area (Å²) >= 11 is 0. The molecule has 2 N–H and O–H groups in total. The van der Waals surface area contributed by atoms with Crippen molar-refractivity contribution in [1.29, 1.82) is 0 Å². The molecule has 8 atom stereocenters. The minimum atomic E-state index is -2.17. The molecule has 4 aliphatic carbocycles. The quantitative estimate of drug-likeness (QED) is 0.727. The number of hydrogen-bond acceptors (Lipinski definition) is 4. The van der Waals surface area contributed by atoms with Crippen LogP contribution in [0.15, 0.2) is 23.8 Å². The number of hydrogen-bond donors (Lipinski definition) is 2. The van der Waals surface area contributed by atoms with Crippen LogP contribution in [0.5, 0.6) is 0 Å². The average Bonchev–Trinajstić information content (AvgIpc) is 2.98. The van der Waals surface area contributed by atoms with E-state index in [0.717, 1.165) is 6.08 Å². The number of carbonyl (C=O) groups excluding carboxylic acids is 2. The van der Waals surface area contributed by atoms with Gasteiger partial charge in [-0.05, 0) is 68.7 Å². The van der Waals surface area contributed by atoms with E-state index in [1.807, 2.05) is 6.92 Å². The maximum absolute atomic E-state index is 17.0. The lowest BCUT2D eigenvalue weighted by molar-refractivity contribution is -0.211. The number of rotatable bonds is 4. The van der Waals surface area contributed by atoms with Gasteiger partial charge in [0.2, 0.25) is 0 Å². The smallest absolute Gasteiger partial charge is 0.178 e. The maximum atomic E-state index is 17.0. The van der Waals surface area contributed by atoms with Crippen LogP contribution >= 0.6 is 0 Å². The fourth-order valence-corrected chi connectivity index (χ4v) is 7.60. The van der Waals surface area contributed by atoms with Crippen LogP contribution in [0.25, 0.3) is 0 Å². The van der Waals surface area contributed by atoms with Crippen molar-refractivity contribution in [2.75, 3.05) is 20.3 Å². The maximum Gasteiger partial charge on any atom is 0.178 e. The standard InChI is InChI=1S/C23H30F3NO3/c1-20-6-4-13(28)8-16(20)17(25)9-15-14-5-7-22(12-27-3,19(30)11-24)21(14,2)10-18(29)23(15,20)26/h4,6,8,14-15,17-18,27,29H,5,7,9-12H2,1-3H3/t14?,15-,17-,18-,20-,21-,22-,23-/m0/s1. The summed E-state index contributed by atoms with van der Waals surface area (Å²) in [5.41, 5.74) is -5.45. The zero-order chi connectivity index (χ0) is 22.1. The van der Waals surface area contributed by atoms with Crippen molar-refractivity contribution in [1.82, 2.24) is 5.32 Å². The lowest BCUT2D eigenvalue weighted by Gasteiger charge is -2.63. The van der Waals surface area contributed by atoms with E-state index in [2.05, 4.69) is 5.32 Å². The molecule has 30 heavy (non-hydrogen) atoms. The molecule has 3 fully saturated rings. The average molecular weight is 425 g/mol. The Kier molecular flexibility index (Phi) is 4.90. The third-order valence-electron chi connectivity index (χ3n) is 9.13. The van der Waals surface area contributed by atoms with E-state index >= 15 is 8.78 Å². The molecular weight excluding hydrogens is 395 g/mol. The van der Waals surface area contributed by atoms with Crippen molar-refractivity contribution >= 4 is 11.6 Å². The van der Waals surface area contributed by atoms with E-state index in [4.69, 9.17) is 0 Å². The van der Waals surface area contributed by atoms with Gasteiger partial charge in [-0.15, -0.1) is 0 Å². The molecule has 0 bridgehead atoms. The second kappa shape index (κ2) is 6.76. The molecule has 4 aliphatic rings. The van der Waals surface area contributed by atoms with Crippen LogP contribution in [-0.4, -0.2) is 54.9 Å². The molecular formula is C23H30F3NO3. The van der Waals surface area contributed by atoms with Crippen molar-refractivity contribution in [3.63, 3.8) is 0 Å². The van der Waals surface area contributed by atoms with Gasteiger partial charge in [-0.2, -0.15) is 0 Å². The Balaban J connectivity index is 1.85. The molecule has 0 saturated heterocycles. The Morgan fingerprint density at radius 3 is 2.67 bits per heavy atom. The third-order valence-corrected chi connectivity index (χ3v) is 9.13. The number of aliphatic hydroxyl groups is 1. The van der Waals surface area contributed by atoms with Gasteiger partial charge in [0.15, 0.2) is 17.2 Å². The van der Waals surface area contributed by atoms with Gasteiger partial charge in [0.05, 0.1) is 6.10 Å². The van der Waals surface area contributed by atoms with Crippen LogP contribution in [0.4, 0.5) is 13.2 Å². The number of carbonyl (C=O) groups is 2. The molecule has 0 aromatic rings. The number of alkyl halides is 3. The van der Waals surface area contributed by atoms with Crippen molar-refractivity contribution < 1.29 is 27.9 Å². The van der Waals surface area contributed by atoms with E-state index < -0.39 is 52.6 Å². The number of nitrogens with one attached hydrogen (secondary N) is 1. The predicted octanol–water partition coefficient (Wildman–Crippen LogP) is 3.05. The molecule has 0 aromatic carbocycles. The largest absolute Gasteiger partial charge is 0.390 e. The first-order valence-corrected chi connectivity index (χ1v) is 10.7. The first-order chi connectivity index (χ1) is 14.0. The minimum Gasteiger partial charge on any atom is -0.390 e. The lowest BCUT2D eigenvalue weighted by Crippen LogP contribution is -2.69. The van der Waals surface area contributed by atoms with Gasteiger partial charge in [-0.3, -0.25) is 9.59 Å². The number of ketones is 2. The normalized spacial score (nSPS) is 49.8. The molecule has 0 spiro atoms. The lowest BCUT2D eigenvalue weighted by atomic mass is 9.43. The molecule has 0 aromatic heterocycles. The van der Waals surface area contributed by atoms with Gasteiger partial charge in [0.1, 0.15) is 12.8 Å². The topological polar surface area (TPSA) is 66.4 Å². The van der Waals surface area contributed by atoms with E-state index in [-0.39, 0.29) is 36.7 Å². The highest BCUT2D eigenvalue weighted by Gasteiger charge is 2.75. The second-order valence-corrected chi connectivity index (χ2v) is 10.1. The zero-order valence-corrected chi connectivity index (χ0v) is 17.7. The summed E-state index contributed by atoms with van der Waals surface area (Å²) in [5.74, 6) is -2.14. The summed E-state index contributed by atoms with van der Waals surface area (Å²) in [7, 11) is 1.68. The van der Waals surface area contributed by atoms with Crippen LogP contribution in [0.1, 0.15) is 39.5 Å². The van der Waals surface area contributed by atoms with E-state index in [1.54, 1.807) is 14.0 Å². The monoisotopic (exact) mass is 425 g/mol. The van der Waals surface area contributed by atoms with E-state index in [9.17, 15) is 19.1 Å². The minimum absolute atomic E-state index is 0.0142. The molecule has 3 saturated carbocycles. The highest BCUT2D eigenvalue weighted by molar-refractivity contribution is 6.01. The summed E-state index contributed by atoms with van der Waals surface area (Å²) in [4.78, 5) is 24.7. The van der Waals surface area contributed by atoms with Crippen LogP contribution in [-0.2, 0) is 9.59 Å². The Morgan fingerprint density at radius 1 is 1.33 bits per heavy atom. The fourth-order valence-electron chi connectivity index (χ4n) is 7.60. The Bertz CT molecular complexity index is 844. The van der Waals surface area contributed by atoms with Gasteiger partial charge in [-0.25, -0.2) is 13.2 Å². The van der Waals surface area contributed by atoms with Crippen LogP contribution in [0.3, 0.4) is 0 Å². The number of allylic oxidation sites excluding steroid dienone is 4. The summed E-state index contributed by atoms with van der Waals surface area (Å²) in [6.45, 7) is 2.50. The SMILES string of the molecule is CNC[C@]1(C(=O)CF)CCC2[C@@H]3C[C@H](F)C4=CC(=O)C=C[C@]4(C)[C@@]3(F)[C@@H](O)C[C@@]21C. The van der Waals surface area contributed by atoms with Gasteiger partial charge in [-0.1, -0.05) is 13.0 Å². The molecule has 7 heteroatoms. The van der Waals surface area contributed by atoms with Crippen LogP contribution in [0, 0.1) is 28.1 Å². The number of Topliss-reactive ketones (excluding diaryl/α,β-unsaturated/α-hetero) is 1. The van der Waals surface area contributed by atoms with Crippen LogP contribution < -0.4 is 5.32 Å². The van der Waals surface area contributed by atoms with Crippen LogP contribution in [0.2, 0.25) is 0 Å². The summed E-state index contributed by atoms with van der Waals surface area (Å²) in [6, 6.07) is 0. The molecule has 0 aliphatic heterocycles. The van der Waals surface area contributed by atoms with Gasteiger partial charge in [0, 0.05) is 23.3 Å². The Hall–Kier alpha value is -1.47. The highest BCUT2D eigenvalue weighted by Crippen LogP contribution is 2.71. The molecule has 1 unspecified atom stereocenters. The van der Waals surface area contributed by atoms with Gasteiger partial charge < -0.3 is 10.4 Å². The molecule has 166 valence electrons. The molecule has 4 nitrogen and oxygen atoms in total. The second-order valence-electron chi connectivity index (χ2n) is 10.1. The molecule has 4 rings (SSSR count). The number of aliphatic hydroxyl groups excluding tert-OH is 1. The summed E-state index contributed by atoms with van der Waals surface area (Å²) < 4.78 is 45.9. The van der Waals surface area contributed by atoms with E-state index in [0.29, 0.717) is 12.8 Å². The first kappa shape index (κ1) is 21.8.